The van der Waals surface area contributed by atoms with Gasteiger partial charge < -0.3 is 9.67 Å². The second-order valence-corrected chi connectivity index (χ2v) is 3.99. The van der Waals surface area contributed by atoms with Crippen LogP contribution in [-0.4, -0.2) is 15.6 Å². The minimum atomic E-state index is -0.823. The maximum absolute atomic E-state index is 11.2. The minimum Gasteiger partial charge on any atom is -0.477 e. The number of rotatable bonds is 1. The summed E-state index contributed by atoms with van der Waals surface area (Å²) in [4.78, 5) is 11.2. The Balaban J connectivity index is 2.52. The van der Waals surface area contributed by atoms with Crippen molar-refractivity contribution >= 4 is 16.9 Å². The van der Waals surface area contributed by atoms with E-state index in [2.05, 4.69) is 6.07 Å². The van der Waals surface area contributed by atoms with Crippen molar-refractivity contribution in [1.82, 2.24) is 4.57 Å². The summed E-state index contributed by atoms with van der Waals surface area (Å²) in [6.45, 7) is 2.68. The van der Waals surface area contributed by atoms with Crippen molar-refractivity contribution in [2.24, 2.45) is 0 Å². The maximum atomic E-state index is 11.2. The molecule has 2 aromatic rings. The number of aryl methyl sites for hydroxylation is 3. The van der Waals surface area contributed by atoms with E-state index in [9.17, 15) is 9.90 Å². The molecule has 3 nitrogen and oxygen atoms in total. The lowest BCUT2D eigenvalue weighted by Gasteiger charge is -2.00. The van der Waals surface area contributed by atoms with Gasteiger partial charge in [-0.1, -0.05) is 18.2 Å². The number of benzene rings is 1. The summed E-state index contributed by atoms with van der Waals surface area (Å²) in [5.74, 6) is -0.823. The van der Waals surface area contributed by atoms with Crippen molar-refractivity contribution in [2.75, 3.05) is 0 Å². The summed E-state index contributed by atoms with van der Waals surface area (Å²) < 4.78 is 1.93. The van der Waals surface area contributed by atoms with Gasteiger partial charge in [0.1, 0.15) is 5.69 Å². The highest BCUT2D eigenvalue weighted by molar-refractivity contribution is 5.99. The number of nitrogens with zero attached hydrogens (tertiary/aromatic N) is 1. The predicted molar refractivity (Wildman–Crippen MR) is 57.3 cm³/mol. The van der Waals surface area contributed by atoms with Crippen molar-refractivity contribution in [1.29, 1.82) is 0 Å². The van der Waals surface area contributed by atoms with Crippen LogP contribution in [0.4, 0.5) is 0 Å². The zero-order valence-corrected chi connectivity index (χ0v) is 8.45. The number of aromatic nitrogens is 1. The predicted octanol–water partition coefficient (Wildman–Crippen LogP) is 2.20. The summed E-state index contributed by atoms with van der Waals surface area (Å²) in [6.07, 6.45) is 0.952. The third kappa shape index (κ3) is 0.923. The van der Waals surface area contributed by atoms with E-state index < -0.39 is 5.97 Å². The Hall–Kier alpha value is -1.77. The van der Waals surface area contributed by atoms with Gasteiger partial charge in [0.2, 0.25) is 0 Å². The van der Waals surface area contributed by atoms with Gasteiger partial charge >= 0.3 is 5.97 Å². The van der Waals surface area contributed by atoms with Crippen LogP contribution < -0.4 is 0 Å². The number of para-hydroxylation sites is 1. The lowest BCUT2D eigenvalue weighted by atomic mass is 10.1. The first-order valence-corrected chi connectivity index (χ1v) is 5.04. The van der Waals surface area contributed by atoms with E-state index in [1.54, 1.807) is 0 Å². The molecule has 2 heterocycles. The normalized spacial score (nSPS) is 13.7. The van der Waals surface area contributed by atoms with Crippen LogP contribution in [0.5, 0.6) is 0 Å². The van der Waals surface area contributed by atoms with Crippen LogP contribution in [0.25, 0.3) is 10.9 Å². The second-order valence-electron chi connectivity index (χ2n) is 3.99. The molecule has 1 aromatic carbocycles. The smallest absolute Gasteiger partial charge is 0.352 e. The molecule has 1 N–H and O–H groups in total. The number of carboxylic acids is 1. The molecule has 0 amide bonds. The molecule has 0 aliphatic carbocycles. The van der Waals surface area contributed by atoms with Gasteiger partial charge in [-0.3, -0.25) is 0 Å². The number of hydrogen-bond donors (Lipinski definition) is 1. The Morgan fingerprint density at radius 2 is 2.27 bits per heavy atom. The monoisotopic (exact) mass is 201 g/mol. The Morgan fingerprint density at radius 1 is 1.47 bits per heavy atom. The second kappa shape index (κ2) is 2.63. The van der Waals surface area contributed by atoms with E-state index in [0.717, 1.165) is 29.4 Å². The molecular weight excluding hydrogens is 190 g/mol. The fourth-order valence-electron chi connectivity index (χ4n) is 2.59. The van der Waals surface area contributed by atoms with Gasteiger partial charge in [-0.25, -0.2) is 4.79 Å². The van der Waals surface area contributed by atoms with E-state index >= 15 is 0 Å². The fourth-order valence-corrected chi connectivity index (χ4v) is 2.59. The summed E-state index contributed by atoms with van der Waals surface area (Å²) in [6, 6.07) is 6.09. The summed E-state index contributed by atoms with van der Waals surface area (Å²) in [7, 11) is 0. The maximum Gasteiger partial charge on any atom is 0.352 e. The van der Waals surface area contributed by atoms with Crippen LogP contribution in [0, 0.1) is 6.92 Å². The number of hydrogen-bond acceptors (Lipinski definition) is 1. The van der Waals surface area contributed by atoms with E-state index in [4.69, 9.17) is 0 Å². The molecule has 76 valence electrons. The number of carboxylic acid groups (broad SMARTS) is 1. The SMILES string of the molecule is Cc1c(C(=O)O)n2c3c(cccc13)CC2. The van der Waals surface area contributed by atoms with E-state index in [-0.39, 0.29) is 0 Å². The molecule has 1 aliphatic rings. The van der Waals surface area contributed by atoms with E-state index in [1.807, 2.05) is 23.6 Å². The topological polar surface area (TPSA) is 42.2 Å². The van der Waals surface area contributed by atoms with Gasteiger partial charge in [0.15, 0.2) is 0 Å². The minimum absolute atomic E-state index is 0.454. The highest BCUT2D eigenvalue weighted by Crippen LogP contribution is 2.32. The van der Waals surface area contributed by atoms with Crippen molar-refractivity contribution in [2.45, 2.75) is 19.9 Å². The molecule has 1 aliphatic heterocycles. The number of carbonyl (C=O) groups is 1. The van der Waals surface area contributed by atoms with Crippen molar-refractivity contribution in [3.8, 4) is 0 Å². The highest BCUT2D eigenvalue weighted by atomic mass is 16.4. The van der Waals surface area contributed by atoms with Crippen molar-refractivity contribution in [3.05, 3.63) is 35.0 Å². The molecule has 0 saturated heterocycles. The Kier molecular flexibility index (Phi) is 1.49. The van der Waals surface area contributed by atoms with Gasteiger partial charge in [0.25, 0.3) is 0 Å². The molecule has 0 atom stereocenters. The van der Waals surface area contributed by atoms with Crippen LogP contribution >= 0.6 is 0 Å². The lowest BCUT2D eigenvalue weighted by Crippen LogP contribution is -2.07. The molecule has 15 heavy (non-hydrogen) atoms. The molecule has 1 aromatic heterocycles. The average Bonchev–Trinajstić information content (AvgIpc) is 2.72. The third-order valence-corrected chi connectivity index (χ3v) is 3.23. The van der Waals surface area contributed by atoms with E-state index in [1.165, 1.54) is 5.56 Å². The molecule has 0 saturated carbocycles. The molecule has 0 spiro atoms. The first-order valence-electron chi connectivity index (χ1n) is 5.04. The van der Waals surface area contributed by atoms with Crippen LogP contribution in [0.1, 0.15) is 21.6 Å². The van der Waals surface area contributed by atoms with Crippen LogP contribution in [-0.2, 0) is 13.0 Å². The summed E-state index contributed by atoms with van der Waals surface area (Å²) in [5.41, 5.74) is 3.73. The molecule has 3 rings (SSSR count). The average molecular weight is 201 g/mol. The first-order chi connectivity index (χ1) is 7.20. The van der Waals surface area contributed by atoms with E-state index in [0.29, 0.717) is 5.69 Å². The molecule has 0 fully saturated rings. The largest absolute Gasteiger partial charge is 0.477 e. The van der Waals surface area contributed by atoms with Crippen molar-refractivity contribution < 1.29 is 9.90 Å². The lowest BCUT2D eigenvalue weighted by molar-refractivity contribution is 0.0685. The zero-order valence-electron chi connectivity index (χ0n) is 8.45. The van der Waals surface area contributed by atoms with Gasteiger partial charge in [-0.15, -0.1) is 0 Å². The summed E-state index contributed by atoms with van der Waals surface area (Å²) >= 11 is 0. The van der Waals surface area contributed by atoms with Crippen molar-refractivity contribution in [3.63, 3.8) is 0 Å². The van der Waals surface area contributed by atoms with Gasteiger partial charge in [0.05, 0.1) is 5.52 Å². The molecular formula is C12H11NO2. The molecule has 0 radical (unpaired) electrons. The van der Waals surface area contributed by atoms with Crippen LogP contribution in [0.2, 0.25) is 0 Å². The molecule has 3 heteroatoms. The molecule has 0 bridgehead atoms. The Bertz CT molecular complexity index is 581. The highest BCUT2D eigenvalue weighted by Gasteiger charge is 2.24. The number of aromatic carboxylic acids is 1. The molecule has 0 unspecified atom stereocenters. The van der Waals surface area contributed by atoms with Gasteiger partial charge in [-0.2, -0.15) is 0 Å². The quantitative estimate of drug-likeness (QED) is 0.768. The van der Waals surface area contributed by atoms with Gasteiger partial charge in [-0.05, 0) is 24.5 Å². The van der Waals surface area contributed by atoms with Gasteiger partial charge in [0, 0.05) is 11.9 Å². The fraction of sp³-hybridized carbons (Fsp3) is 0.250. The summed E-state index contributed by atoms with van der Waals surface area (Å²) in [5, 5.41) is 10.3. The Morgan fingerprint density at radius 3 is 3.00 bits per heavy atom. The first kappa shape index (κ1) is 8.53. The van der Waals surface area contributed by atoms with Crippen LogP contribution in [0.15, 0.2) is 18.2 Å². The third-order valence-electron chi connectivity index (χ3n) is 3.23. The van der Waals surface area contributed by atoms with Crippen LogP contribution in [0.3, 0.4) is 0 Å². The Labute approximate surface area is 86.9 Å². The standard InChI is InChI=1S/C12H11NO2/c1-7-9-4-2-3-8-5-6-13(11(8)9)10(7)12(14)15/h2-4H,5-6H2,1H3,(H,14,15). The zero-order chi connectivity index (χ0) is 10.6.